The number of nitrogens with zero attached hydrogens (tertiary/aromatic N) is 2. The van der Waals surface area contributed by atoms with E-state index in [1.54, 1.807) is 16.8 Å². The Kier molecular flexibility index (Phi) is 4.83. The molecule has 1 fully saturated rings. The average molecular weight is 289 g/mol. The van der Waals surface area contributed by atoms with Crippen molar-refractivity contribution in [1.29, 1.82) is 0 Å². The minimum atomic E-state index is -0.0593. The van der Waals surface area contributed by atoms with Gasteiger partial charge in [-0.1, -0.05) is 6.92 Å². The monoisotopic (exact) mass is 289 g/mol. The van der Waals surface area contributed by atoms with Crippen LogP contribution in [-0.2, 0) is 4.79 Å². The normalized spacial score (nSPS) is 15.3. The van der Waals surface area contributed by atoms with Crippen LogP contribution in [-0.4, -0.2) is 54.8 Å². The Hall–Kier alpha value is -2.04. The average Bonchev–Trinajstić information content (AvgIpc) is 2.47. The number of rotatable bonds is 4. The summed E-state index contributed by atoms with van der Waals surface area (Å²) in [6.07, 6.45) is 1.06. The molecule has 0 radical (unpaired) electrons. The summed E-state index contributed by atoms with van der Waals surface area (Å²) in [5.74, 6) is -0.0653. The highest BCUT2D eigenvalue weighted by molar-refractivity contribution is 5.98. The van der Waals surface area contributed by atoms with Gasteiger partial charge in [-0.15, -0.1) is 0 Å². The third kappa shape index (κ3) is 3.54. The quantitative estimate of drug-likeness (QED) is 0.918. The van der Waals surface area contributed by atoms with Crippen molar-refractivity contribution in [3.8, 4) is 0 Å². The molecular formula is C16H23N3O2. The van der Waals surface area contributed by atoms with Gasteiger partial charge in [-0.05, 0) is 37.1 Å². The van der Waals surface area contributed by atoms with Crippen LogP contribution in [0.1, 0.15) is 29.3 Å². The first-order valence-corrected chi connectivity index (χ1v) is 7.40. The summed E-state index contributed by atoms with van der Waals surface area (Å²) in [4.78, 5) is 27.5. The highest BCUT2D eigenvalue weighted by Gasteiger charge is 2.26. The molecule has 0 aromatic heterocycles. The van der Waals surface area contributed by atoms with Gasteiger partial charge in [-0.2, -0.15) is 0 Å². The topological polar surface area (TPSA) is 52.7 Å². The van der Waals surface area contributed by atoms with E-state index in [1.165, 1.54) is 0 Å². The van der Waals surface area contributed by atoms with Gasteiger partial charge in [0.05, 0.1) is 0 Å². The molecule has 0 aliphatic carbocycles. The summed E-state index contributed by atoms with van der Waals surface area (Å²) in [7, 11) is 1.77. The number of benzene rings is 1. The molecule has 1 heterocycles. The van der Waals surface area contributed by atoms with Gasteiger partial charge in [0, 0.05) is 37.9 Å². The van der Waals surface area contributed by atoms with Gasteiger partial charge in [0.1, 0.15) is 6.54 Å². The summed E-state index contributed by atoms with van der Waals surface area (Å²) in [5.41, 5.74) is 2.64. The zero-order valence-electron chi connectivity index (χ0n) is 13.0. The third-order valence-corrected chi connectivity index (χ3v) is 3.78. The fourth-order valence-electron chi connectivity index (χ4n) is 2.39. The van der Waals surface area contributed by atoms with Crippen molar-refractivity contribution in [3.05, 3.63) is 29.3 Å². The summed E-state index contributed by atoms with van der Waals surface area (Å²) in [6, 6.07) is 5.76. The van der Waals surface area contributed by atoms with Crippen LogP contribution in [0.3, 0.4) is 0 Å². The number of carbonyl (C=O) groups excluding carboxylic acids is 2. The van der Waals surface area contributed by atoms with Crippen molar-refractivity contribution in [2.75, 3.05) is 38.5 Å². The first kappa shape index (κ1) is 15.4. The molecule has 114 valence electrons. The Labute approximate surface area is 125 Å². The van der Waals surface area contributed by atoms with Gasteiger partial charge < -0.3 is 15.1 Å². The lowest BCUT2D eigenvalue weighted by atomic mass is 10.1. The number of aryl methyl sites for hydroxylation is 1. The van der Waals surface area contributed by atoms with Crippen molar-refractivity contribution >= 4 is 17.5 Å². The fourth-order valence-corrected chi connectivity index (χ4v) is 2.39. The largest absolute Gasteiger partial charge is 0.385 e. The zero-order valence-corrected chi connectivity index (χ0v) is 13.0. The number of hydrogen-bond donors (Lipinski definition) is 1. The van der Waals surface area contributed by atoms with Crippen LogP contribution in [0.15, 0.2) is 18.2 Å². The lowest BCUT2D eigenvalue weighted by molar-refractivity contribution is -0.133. The van der Waals surface area contributed by atoms with Crippen molar-refractivity contribution < 1.29 is 9.59 Å². The zero-order chi connectivity index (χ0) is 15.4. The first-order chi connectivity index (χ1) is 10.0. The molecule has 1 saturated heterocycles. The molecule has 0 spiro atoms. The molecule has 5 heteroatoms. The second kappa shape index (κ2) is 6.61. The minimum Gasteiger partial charge on any atom is -0.385 e. The second-order valence-corrected chi connectivity index (χ2v) is 5.50. The lowest BCUT2D eigenvalue weighted by Crippen LogP contribution is -2.50. The van der Waals surface area contributed by atoms with Crippen LogP contribution in [0.4, 0.5) is 5.69 Å². The fraction of sp³-hybridized carbons (Fsp3) is 0.500. The van der Waals surface area contributed by atoms with Gasteiger partial charge in [0.15, 0.2) is 0 Å². The lowest BCUT2D eigenvalue weighted by Gasteiger charge is -2.32. The van der Waals surface area contributed by atoms with Crippen molar-refractivity contribution in [2.45, 2.75) is 20.3 Å². The standard InChI is InChI=1S/C16H23N3O2/c1-4-7-17-13-5-6-14(12(2)10-13)16(21)19-9-8-18(3)15(20)11-19/h5-6,10,17H,4,7-9,11H2,1-3H3. The van der Waals surface area contributed by atoms with E-state index in [-0.39, 0.29) is 18.4 Å². The molecule has 2 rings (SSSR count). The van der Waals surface area contributed by atoms with E-state index in [9.17, 15) is 9.59 Å². The Morgan fingerprint density at radius 3 is 2.71 bits per heavy atom. The minimum absolute atomic E-state index is 0.00603. The van der Waals surface area contributed by atoms with E-state index in [1.807, 2.05) is 25.1 Å². The first-order valence-electron chi connectivity index (χ1n) is 7.40. The maximum atomic E-state index is 12.5. The van der Waals surface area contributed by atoms with Gasteiger partial charge in [0.2, 0.25) is 5.91 Å². The van der Waals surface area contributed by atoms with E-state index >= 15 is 0 Å². The molecule has 0 saturated carbocycles. The Bertz CT molecular complexity index is 542. The molecular weight excluding hydrogens is 266 g/mol. The molecule has 0 unspecified atom stereocenters. The number of amides is 2. The number of likely N-dealkylation sites (N-methyl/N-ethyl adjacent to an activating group) is 1. The number of anilines is 1. The third-order valence-electron chi connectivity index (χ3n) is 3.78. The Morgan fingerprint density at radius 2 is 2.10 bits per heavy atom. The molecule has 21 heavy (non-hydrogen) atoms. The summed E-state index contributed by atoms with van der Waals surface area (Å²) >= 11 is 0. The number of hydrogen-bond acceptors (Lipinski definition) is 3. The summed E-state index contributed by atoms with van der Waals surface area (Å²) in [6.45, 7) is 6.32. The summed E-state index contributed by atoms with van der Waals surface area (Å²) < 4.78 is 0. The van der Waals surface area contributed by atoms with Gasteiger partial charge >= 0.3 is 0 Å². The van der Waals surface area contributed by atoms with Crippen LogP contribution in [0, 0.1) is 6.92 Å². The highest BCUT2D eigenvalue weighted by Crippen LogP contribution is 2.18. The maximum Gasteiger partial charge on any atom is 0.254 e. The van der Waals surface area contributed by atoms with E-state index in [0.717, 1.165) is 24.2 Å². The van der Waals surface area contributed by atoms with E-state index in [2.05, 4.69) is 12.2 Å². The number of piperazine rings is 1. The molecule has 1 N–H and O–H groups in total. The Balaban J connectivity index is 2.10. The molecule has 5 nitrogen and oxygen atoms in total. The molecule has 0 atom stereocenters. The molecule has 1 aromatic carbocycles. The van der Waals surface area contributed by atoms with Crippen LogP contribution < -0.4 is 5.32 Å². The molecule has 2 amide bonds. The maximum absolute atomic E-state index is 12.5. The number of carbonyl (C=O) groups is 2. The van der Waals surface area contributed by atoms with Gasteiger partial charge in [0.25, 0.3) is 5.91 Å². The summed E-state index contributed by atoms with van der Waals surface area (Å²) in [5, 5.41) is 3.31. The van der Waals surface area contributed by atoms with Crippen LogP contribution in [0.5, 0.6) is 0 Å². The SMILES string of the molecule is CCCNc1ccc(C(=O)N2CCN(C)C(=O)C2)c(C)c1. The molecule has 1 aromatic rings. The molecule has 1 aliphatic rings. The highest BCUT2D eigenvalue weighted by atomic mass is 16.2. The van der Waals surface area contributed by atoms with Crippen LogP contribution >= 0.6 is 0 Å². The Morgan fingerprint density at radius 1 is 1.33 bits per heavy atom. The molecule has 0 bridgehead atoms. The molecule has 1 aliphatic heterocycles. The van der Waals surface area contributed by atoms with Crippen LogP contribution in [0.2, 0.25) is 0 Å². The smallest absolute Gasteiger partial charge is 0.254 e. The van der Waals surface area contributed by atoms with Gasteiger partial charge in [-0.25, -0.2) is 0 Å². The van der Waals surface area contributed by atoms with E-state index < -0.39 is 0 Å². The van der Waals surface area contributed by atoms with Crippen LogP contribution in [0.25, 0.3) is 0 Å². The second-order valence-electron chi connectivity index (χ2n) is 5.50. The van der Waals surface area contributed by atoms with Crippen molar-refractivity contribution in [2.24, 2.45) is 0 Å². The predicted molar refractivity (Wildman–Crippen MR) is 83.5 cm³/mol. The van der Waals surface area contributed by atoms with E-state index in [0.29, 0.717) is 18.7 Å². The van der Waals surface area contributed by atoms with Crippen molar-refractivity contribution in [1.82, 2.24) is 9.80 Å². The van der Waals surface area contributed by atoms with E-state index in [4.69, 9.17) is 0 Å². The predicted octanol–water partition coefficient (Wildman–Crippen LogP) is 1.73. The van der Waals surface area contributed by atoms with Crippen molar-refractivity contribution in [3.63, 3.8) is 0 Å². The van der Waals surface area contributed by atoms with Gasteiger partial charge in [-0.3, -0.25) is 9.59 Å². The number of nitrogens with one attached hydrogen (secondary N) is 1.